The molecule has 94 valence electrons. The minimum atomic E-state index is 0.141. The summed E-state index contributed by atoms with van der Waals surface area (Å²) in [6.45, 7) is 6.35. The molecule has 0 saturated heterocycles. The van der Waals surface area contributed by atoms with Gasteiger partial charge in [-0.25, -0.2) is 0 Å². The van der Waals surface area contributed by atoms with Crippen molar-refractivity contribution in [3.8, 4) is 0 Å². The molecule has 0 aromatic heterocycles. The highest BCUT2D eigenvalue weighted by atomic mass is 35.5. The molecule has 1 aliphatic carbocycles. The van der Waals surface area contributed by atoms with Crippen LogP contribution < -0.4 is 0 Å². The summed E-state index contributed by atoms with van der Waals surface area (Å²) in [7, 11) is 0. The van der Waals surface area contributed by atoms with Crippen molar-refractivity contribution < 1.29 is 4.79 Å². The number of carbonyl (C=O) groups excluding carboxylic acids is 1. The first-order chi connectivity index (χ1) is 8.49. The van der Waals surface area contributed by atoms with E-state index in [9.17, 15) is 4.79 Å². The molecule has 0 N–H and O–H groups in total. The van der Waals surface area contributed by atoms with Gasteiger partial charge in [0, 0.05) is 17.0 Å². The number of rotatable bonds is 3. The fraction of sp³-hybridized carbons (Fsp3) is 0.312. The molecule has 0 heterocycles. The van der Waals surface area contributed by atoms with E-state index in [1.807, 2.05) is 12.1 Å². The summed E-state index contributed by atoms with van der Waals surface area (Å²) in [5.41, 5.74) is 4.49. The van der Waals surface area contributed by atoms with Crippen molar-refractivity contribution >= 4 is 17.4 Å². The van der Waals surface area contributed by atoms with E-state index >= 15 is 0 Å². The van der Waals surface area contributed by atoms with Crippen LogP contribution in [0.3, 0.4) is 0 Å². The summed E-state index contributed by atoms with van der Waals surface area (Å²) in [6, 6.07) is 7.16. The number of benzene rings is 1. The van der Waals surface area contributed by atoms with Gasteiger partial charge in [-0.05, 0) is 31.9 Å². The van der Waals surface area contributed by atoms with E-state index in [4.69, 9.17) is 11.6 Å². The van der Waals surface area contributed by atoms with Crippen LogP contribution in [0.4, 0.5) is 0 Å². The maximum atomic E-state index is 12.2. The Bertz CT molecular complexity index is 552. The molecule has 0 saturated carbocycles. The molecule has 0 radical (unpaired) electrons. The van der Waals surface area contributed by atoms with E-state index in [2.05, 4.69) is 26.8 Å². The molecule has 1 atom stereocenters. The summed E-state index contributed by atoms with van der Waals surface area (Å²) in [5, 5.41) is 0.611. The first kappa shape index (κ1) is 13.1. The van der Waals surface area contributed by atoms with Crippen molar-refractivity contribution in [3.05, 3.63) is 57.6 Å². The second-order valence-electron chi connectivity index (χ2n) is 4.93. The van der Waals surface area contributed by atoms with Crippen LogP contribution in [0, 0.1) is 5.92 Å². The van der Waals surface area contributed by atoms with Gasteiger partial charge in [-0.2, -0.15) is 0 Å². The van der Waals surface area contributed by atoms with Gasteiger partial charge in [-0.3, -0.25) is 4.79 Å². The van der Waals surface area contributed by atoms with Gasteiger partial charge in [0.25, 0.3) is 0 Å². The minimum absolute atomic E-state index is 0.141. The van der Waals surface area contributed by atoms with E-state index in [0.29, 0.717) is 22.9 Å². The van der Waals surface area contributed by atoms with E-state index in [1.54, 1.807) is 12.1 Å². The zero-order valence-electron chi connectivity index (χ0n) is 11.0. The lowest BCUT2D eigenvalue weighted by Gasteiger charge is -2.12. The first-order valence-corrected chi connectivity index (χ1v) is 6.53. The van der Waals surface area contributed by atoms with Crippen LogP contribution in [0.25, 0.3) is 0 Å². The summed E-state index contributed by atoms with van der Waals surface area (Å²) < 4.78 is 0. The van der Waals surface area contributed by atoms with Gasteiger partial charge in [-0.15, -0.1) is 0 Å². The topological polar surface area (TPSA) is 17.1 Å². The Labute approximate surface area is 113 Å². The Hall–Kier alpha value is -1.34. The van der Waals surface area contributed by atoms with Crippen molar-refractivity contribution in [2.45, 2.75) is 27.2 Å². The van der Waals surface area contributed by atoms with Crippen LogP contribution in [0.5, 0.6) is 0 Å². The van der Waals surface area contributed by atoms with E-state index < -0.39 is 0 Å². The molecular formula is C16H17ClO. The standard InChI is InChI=1S/C16H17ClO/c1-10-7-11(2)15(12(10)3)9-16(18)13-5-4-6-14(17)8-13/h4-8,12H,9H2,1-3H3. The smallest absolute Gasteiger partial charge is 0.166 e. The van der Waals surface area contributed by atoms with Gasteiger partial charge in [-0.1, -0.05) is 53.5 Å². The molecule has 0 fully saturated rings. The van der Waals surface area contributed by atoms with Crippen LogP contribution in [-0.4, -0.2) is 5.78 Å². The average Bonchev–Trinajstić information content (AvgIpc) is 2.56. The molecule has 1 unspecified atom stereocenters. The molecule has 1 aromatic carbocycles. The zero-order valence-corrected chi connectivity index (χ0v) is 11.7. The van der Waals surface area contributed by atoms with Gasteiger partial charge in [0.05, 0.1) is 0 Å². The number of halogens is 1. The highest BCUT2D eigenvalue weighted by Gasteiger charge is 2.21. The maximum absolute atomic E-state index is 12.2. The van der Waals surface area contributed by atoms with Crippen LogP contribution in [-0.2, 0) is 0 Å². The molecule has 2 rings (SSSR count). The van der Waals surface area contributed by atoms with Gasteiger partial charge in [0.1, 0.15) is 0 Å². The number of carbonyl (C=O) groups is 1. The van der Waals surface area contributed by atoms with E-state index in [1.165, 1.54) is 16.7 Å². The third kappa shape index (κ3) is 2.56. The van der Waals surface area contributed by atoms with Crippen LogP contribution in [0.15, 0.2) is 47.1 Å². The lowest BCUT2D eigenvalue weighted by Crippen LogP contribution is -2.06. The van der Waals surface area contributed by atoms with Crippen molar-refractivity contribution in [1.82, 2.24) is 0 Å². The number of hydrogen-bond donors (Lipinski definition) is 0. The molecule has 1 aliphatic rings. The first-order valence-electron chi connectivity index (χ1n) is 6.15. The van der Waals surface area contributed by atoms with Crippen LogP contribution in [0.1, 0.15) is 37.6 Å². The quantitative estimate of drug-likeness (QED) is 0.712. The molecular weight excluding hydrogens is 244 g/mol. The van der Waals surface area contributed by atoms with Crippen molar-refractivity contribution in [2.75, 3.05) is 0 Å². The SMILES string of the molecule is CC1=CC(C)=C(CC(=O)c2cccc(Cl)c2)C1C. The third-order valence-electron chi connectivity index (χ3n) is 3.65. The molecule has 0 spiro atoms. The molecule has 1 aromatic rings. The van der Waals surface area contributed by atoms with Gasteiger partial charge in [0.2, 0.25) is 0 Å². The highest BCUT2D eigenvalue weighted by molar-refractivity contribution is 6.31. The van der Waals surface area contributed by atoms with Gasteiger partial charge in [0.15, 0.2) is 5.78 Å². The van der Waals surface area contributed by atoms with Crippen molar-refractivity contribution in [3.63, 3.8) is 0 Å². The Balaban J connectivity index is 2.17. The minimum Gasteiger partial charge on any atom is -0.294 e. The fourth-order valence-electron chi connectivity index (χ4n) is 2.41. The largest absolute Gasteiger partial charge is 0.294 e. The van der Waals surface area contributed by atoms with Crippen LogP contribution in [0.2, 0.25) is 5.02 Å². The number of hydrogen-bond acceptors (Lipinski definition) is 1. The zero-order chi connectivity index (χ0) is 13.3. The van der Waals surface area contributed by atoms with E-state index in [0.717, 1.165) is 0 Å². The fourth-order valence-corrected chi connectivity index (χ4v) is 2.60. The van der Waals surface area contributed by atoms with Crippen LogP contribution >= 0.6 is 11.6 Å². The predicted octanol–water partition coefficient (Wildman–Crippen LogP) is 4.83. The maximum Gasteiger partial charge on any atom is 0.166 e. The second-order valence-corrected chi connectivity index (χ2v) is 5.37. The number of ketones is 1. The van der Waals surface area contributed by atoms with Crippen molar-refractivity contribution in [2.24, 2.45) is 5.92 Å². The Morgan fingerprint density at radius 1 is 1.33 bits per heavy atom. The average molecular weight is 261 g/mol. The lowest BCUT2D eigenvalue weighted by atomic mass is 9.92. The number of allylic oxidation sites excluding steroid dienone is 4. The van der Waals surface area contributed by atoms with Crippen molar-refractivity contribution in [1.29, 1.82) is 0 Å². The molecule has 18 heavy (non-hydrogen) atoms. The summed E-state index contributed by atoms with van der Waals surface area (Å²) in [4.78, 5) is 12.2. The monoisotopic (exact) mass is 260 g/mol. The highest BCUT2D eigenvalue weighted by Crippen LogP contribution is 2.33. The molecule has 0 bridgehead atoms. The Morgan fingerprint density at radius 2 is 2.06 bits per heavy atom. The Kier molecular flexibility index (Phi) is 3.72. The predicted molar refractivity (Wildman–Crippen MR) is 76.0 cm³/mol. The number of Topliss-reactive ketones (excluding diaryl/α,β-unsaturated/α-hetero) is 1. The van der Waals surface area contributed by atoms with E-state index in [-0.39, 0.29) is 5.78 Å². The molecule has 1 nitrogen and oxygen atoms in total. The Morgan fingerprint density at radius 3 is 2.61 bits per heavy atom. The molecule has 0 aliphatic heterocycles. The second kappa shape index (κ2) is 5.11. The summed E-state index contributed by atoms with van der Waals surface area (Å²) >= 11 is 5.91. The molecule has 2 heteroatoms. The third-order valence-corrected chi connectivity index (χ3v) is 3.89. The normalized spacial score (nSPS) is 19.1. The summed E-state index contributed by atoms with van der Waals surface area (Å²) in [5.74, 6) is 0.523. The van der Waals surface area contributed by atoms with Gasteiger partial charge < -0.3 is 0 Å². The van der Waals surface area contributed by atoms with Gasteiger partial charge >= 0.3 is 0 Å². The summed E-state index contributed by atoms with van der Waals surface area (Å²) in [6.07, 6.45) is 2.66. The molecule has 0 amide bonds. The lowest BCUT2D eigenvalue weighted by molar-refractivity contribution is 0.0991.